The summed E-state index contributed by atoms with van der Waals surface area (Å²) in [4.78, 5) is 16.3. The SMILES string of the molecule is C/C=C(\C(C)=C(\NC(=O)N[C@@H]1CN(C#N)C[C@H]1c1ccc(F)c(F)c1)N(C)CN)c1cnn(C)c1. The van der Waals surface area contributed by atoms with Gasteiger partial charge in [-0.2, -0.15) is 10.4 Å². The highest BCUT2D eigenvalue weighted by Crippen LogP contribution is 2.29. The molecule has 1 aromatic carbocycles. The Hall–Kier alpha value is -3.91. The average Bonchev–Trinajstić information content (AvgIpc) is 3.45. The minimum atomic E-state index is -0.971. The van der Waals surface area contributed by atoms with Crippen molar-refractivity contribution in [2.75, 3.05) is 26.8 Å². The first-order valence-corrected chi connectivity index (χ1v) is 11.1. The molecular weight excluding hydrogens is 454 g/mol. The molecule has 0 aliphatic carbocycles. The lowest BCUT2D eigenvalue weighted by Gasteiger charge is -2.26. The molecule has 0 bridgehead atoms. The summed E-state index contributed by atoms with van der Waals surface area (Å²) in [5.41, 5.74) is 8.92. The molecule has 0 spiro atoms. The van der Waals surface area contributed by atoms with E-state index in [1.807, 2.05) is 33.2 Å². The van der Waals surface area contributed by atoms with Crippen LogP contribution in [0.5, 0.6) is 0 Å². The minimum Gasteiger partial charge on any atom is -0.348 e. The molecule has 11 heteroatoms. The van der Waals surface area contributed by atoms with Crippen LogP contribution in [0.3, 0.4) is 0 Å². The molecule has 1 aliphatic heterocycles. The fourth-order valence-electron chi connectivity index (χ4n) is 4.28. The van der Waals surface area contributed by atoms with Crippen molar-refractivity contribution in [3.05, 3.63) is 70.8 Å². The normalized spacial score (nSPS) is 18.7. The lowest BCUT2D eigenvalue weighted by Crippen LogP contribution is -2.47. The van der Waals surface area contributed by atoms with Crippen LogP contribution in [0.1, 0.15) is 30.9 Å². The van der Waals surface area contributed by atoms with Gasteiger partial charge in [0.15, 0.2) is 17.8 Å². The first kappa shape index (κ1) is 25.7. The van der Waals surface area contributed by atoms with Gasteiger partial charge in [0.05, 0.1) is 18.9 Å². The summed E-state index contributed by atoms with van der Waals surface area (Å²) in [6.07, 6.45) is 7.61. The van der Waals surface area contributed by atoms with Crippen molar-refractivity contribution >= 4 is 11.6 Å². The Bertz CT molecular complexity index is 1180. The smallest absolute Gasteiger partial charge is 0.320 e. The van der Waals surface area contributed by atoms with Crippen LogP contribution in [0.15, 0.2) is 48.1 Å². The van der Waals surface area contributed by atoms with E-state index in [1.165, 1.54) is 11.0 Å². The molecular formula is C24H30F2N8O. The zero-order chi connectivity index (χ0) is 25.7. The number of urea groups is 1. The Kier molecular flexibility index (Phi) is 8.09. The minimum absolute atomic E-state index is 0.153. The number of nitrogens with zero attached hydrogens (tertiary/aromatic N) is 5. The molecule has 186 valence electrons. The maximum absolute atomic E-state index is 13.9. The molecule has 1 aromatic heterocycles. The Morgan fingerprint density at radius 3 is 2.69 bits per heavy atom. The molecule has 35 heavy (non-hydrogen) atoms. The fraction of sp³-hybridized carbons (Fsp3) is 0.375. The standard InChI is InChI=1S/C24H30F2N8O/c1-5-18(17-9-29-33(4)10-17)15(2)23(32(3)13-27)31-24(35)30-22-12-34(14-28)11-19(22)16-6-7-20(25)21(26)8-16/h5-10,19,22H,11-13,27H2,1-4H3,(H2,30,31,35)/b18-5+,23-15-/t19-,22+/m0/s1. The summed E-state index contributed by atoms with van der Waals surface area (Å²) in [6.45, 7) is 4.45. The van der Waals surface area contributed by atoms with Gasteiger partial charge in [0.1, 0.15) is 5.82 Å². The van der Waals surface area contributed by atoms with E-state index < -0.39 is 29.6 Å². The van der Waals surface area contributed by atoms with Crippen molar-refractivity contribution in [1.29, 1.82) is 5.26 Å². The number of amides is 2. The van der Waals surface area contributed by atoms with E-state index in [0.717, 1.165) is 28.8 Å². The fourth-order valence-corrected chi connectivity index (χ4v) is 4.28. The zero-order valence-electron chi connectivity index (χ0n) is 20.2. The number of aromatic nitrogens is 2. The average molecular weight is 485 g/mol. The van der Waals surface area contributed by atoms with E-state index in [0.29, 0.717) is 11.4 Å². The molecule has 1 saturated heterocycles. The third-order valence-electron chi connectivity index (χ3n) is 6.10. The second-order valence-electron chi connectivity index (χ2n) is 8.45. The van der Waals surface area contributed by atoms with E-state index in [-0.39, 0.29) is 19.8 Å². The van der Waals surface area contributed by atoms with Gasteiger partial charge < -0.3 is 20.9 Å². The monoisotopic (exact) mass is 484 g/mol. The highest BCUT2D eigenvalue weighted by atomic mass is 19.2. The number of nitrogens with two attached hydrogens (primary N) is 1. The van der Waals surface area contributed by atoms with Crippen molar-refractivity contribution in [1.82, 2.24) is 30.2 Å². The van der Waals surface area contributed by atoms with Gasteiger partial charge in [-0.05, 0) is 42.7 Å². The molecule has 2 aromatic rings. The van der Waals surface area contributed by atoms with E-state index in [9.17, 15) is 18.8 Å². The number of nitrogens with one attached hydrogen (secondary N) is 2. The molecule has 2 heterocycles. The molecule has 2 amide bonds. The Balaban J connectivity index is 1.85. The highest BCUT2D eigenvalue weighted by Gasteiger charge is 2.35. The molecule has 2 atom stereocenters. The van der Waals surface area contributed by atoms with Crippen molar-refractivity contribution < 1.29 is 13.6 Å². The topological polar surface area (TPSA) is 115 Å². The lowest BCUT2D eigenvalue weighted by molar-refractivity contribution is 0.234. The molecule has 0 saturated carbocycles. The lowest BCUT2D eigenvalue weighted by atomic mass is 9.94. The van der Waals surface area contributed by atoms with Crippen LogP contribution in [-0.4, -0.2) is 58.5 Å². The second-order valence-corrected chi connectivity index (χ2v) is 8.45. The van der Waals surface area contributed by atoms with Gasteiger partial charge in [0.2, 0.25) is 0 Å². The largest absolute Gasteiger partial charge is 0.348 e. The van der Waals surface area contributed by atoms with Crippen molar-refractivity contribution in [2.24, 2.45) is 12.8 Å². The van der Waals surface area contributed by atoms with Gasteiger partial charge in [0.25, 0.3) is 0 Å². The molecule has 0 radical (unpaired) electrons. The van der Waals surface area contributed by atoms with Gasteiger partial charge in [-0.15, -0.1) is 0 Å². The third kappa shape index (κ3) is 5.78. The number of likely N-dealkylation sites (tertiary alicyclic amines) is 1. The molecule has 4 N–H and O–H groups in total. The van der Waals surface area contributed by atoms with Crippen LogP contribution >= 0.6 is 0 Å². The predicted molar refractivity (Wildman–Crippen MR) is 128 cm³/mol. The molecule has 0 unspecified atom stereocenters. The first-order valence-electron chi connectivity index (χ1n) is 11.1. The molecule has 3 rings (SSSR count). The number of carbonyl (C=O) groups is 1. The number of rotatable bonds is 7. The molecule has 9 nitrogen and oxygen atoms in total. The number of hydrogen-bond acceptors (Lipinski definition) is 6. The van der Waals surface area contributed by atoms with Crippen LogP contribution < -0.4 is 16.4 Å². The molecule has 1 fully saturated rings. The van der Waals surface area contributed by atoms with Crippen LogP contribution in [0.2, 0.25) is 0 Å². The highest BCUT2D eigenvalue weighted by molar-refractivity contribution is 5.81. The van der Waals surface area contributed by atoms with Crippen molar-refractivity contribution in [3.8, 4) is 6.19 Å². The van der Waals surface area contributed by atoms with Gasteiger partial charge in [-0.1, -0.05) is 12.1 Å². The summed E-state index contributed by atoms with van der Waals surface area (Å²) in [5.74, 6) is -1.81. The van der Waals surface area contributed by atoms with E-state index >= 15 is 0 Å². The second kappa shape index (κ2) is 11.0. The van der Waals surface area contributed by atoms with Gasteiger partial charge >= 0.3 is 6.03 Å². The van der Waals surface area contributed by atoms with Crippen LogP contribution in [0, 0.1) is 23.1 Å². The van der Waals surface area contributed by atoms with Gasteiger partial charge in [-0.25, -0.2) is 13.6 Å². The summed E-state index contributed by atoms with van der Waals surface area (Å²) >= 11 is 0. The van der Waals surface area contributed by atoms with Crippen LogP contribution in [0.25, 0.3) is 5.57 Å². The summed E-state index contributed by atoms with van der Waals surface area (Å²) in [5, 5.41) is 19.4. The predicted octanol–water partition coefficient (Wildman–Crippen LogP) is 2.43. The Morgan fingerprint density at radius 1 is 1.37 bits per heavy atom. The number of carbonyl (C=O) groups excluding carboxylic acids is 1. The van der Waals surface area contributed by atoms with E-state index in [4.69, 9.17) is 5.73 Å². The summed E-state index contributed by atoms with van der Waals surface area (Å²) in [6, 6.07) is 2.63. The number of aryl methyl sites for hydroxylation is 1. The van der Waals surface area contributed by atoms with Gasteiger partial charge in [-0.3, -0.25) is 10.00 Å². The third-order valence-corrected chi connectivity index (χ3v) is 6.10. The zero-order valence-corrected chi connectivity index (χ0v) is 20.2. The van der Waals surface area contributed by atoms with E-state index in [2.05, 4.69) is 21.9 Å². The Labute approximate surface area is 203 Å². The Morgan fingerprint density at radius 2 is 2.11 bits per heavy atom. The van der Waals surface area contributed by atoms with Crippen molar-refractivity contribution in [2.45, 2.75) is 25.8 Å². The molecule has 1 aliphatic rings. The maximum atomic E-state index is 13.9. The van der Waals surface area contributed by atoms with Gasteiger partial charge in [0, 0.05) is 44.9 Å². The first-order chi connectivity index (χ1) is 16.7. The van der Waals surface area contributed by atoms with Crippen molar-refractivity contribution in [3.63, 3.8) is 0 Å². The van der Waals surface area contributed by atoms with Crippen LogP contribution in [0.4, 0.5) is 13.6 Å². The number of allylic oxidation sites excluding steroid dienone is 3. The summed E-state index contributed by atoms with van der Waals surface area (Å²) in [7, 11) is 3.58. The van der Waals surface area contributed by atoms with E-state index in [1.54, 1.807) is 22.8 Å². The quantitative estimate of drug-likeness (QED) is 0.316. The van der Waals surface area contributed by atoms with Crippen LogP contribution in [-0.2, 0) is 7.05 Å². The maximum Gasteiger partial charge on any atom is 0.320 e. The summed E-state index contributed by atoms with van der Waals surface area (Å²) < 4.78 is 29.0. The number of hydrogen-bond donors (Lipinski definition) is 3. The number of halogens is 2. The number of nitriles is 1. The number of benzene rings is 1.